The Morgan fingerprint density at radius 1 is 1.31 bits per heavy atom. The predicted molar refractivity (Wildman–Crippen MR) is 139 cm³/mol. The molecular weight excluding hydrogens is 474 g/mol. The SMILES string of the molecule is CCOC(=O)C(OC(C)(C)C)c1c(C)cc2nc(C#N)sc2c1-c1ccc2c3c(ccnc13)CCO2. The van der Waals surface area contributed by atoms with Gasteiger partial charge in [0.1, 0.15) is 11.8 Å². The molecule has 0 saturated heterocycles. The molecule has 1 aliphatic heterocycles. The van der Waals surface area contributed by atoms with Gasteiger partial charge >= 0.3 is 5.97 Å². The Balaban J connectivity index is 1.89. The maximum Gasteiger partial charge on any atom is 0.339 e. The zero-order valence-corrected chi connectivity index (χ0v) is 21.8. The molecule has 1 aliphatic rings. The average Bonchev–Trinajstić information content (AvgIpc) is 3.25. The van der Waals surface area contributed by atoms with E-state index >= 15 is 0 Å². The number of hydrogen-bond acceptors (Lipinski definition) is 8. The third-order valence-corrected chi connectivity index (χ3v) is 7.09. The number of ether oxygens (including phenoxy) is 3. The number of pyridine rings is 1. The zero-order chi connectivity index (χ0) is 25.6. The van der Waals surface area contributed by atoms with Gasteiger partial charge < -0.3 is 14.2 Å². The second-order valence-electron chi connectivity index (χ2n) is 9.73. The van der Waals surface area contributed by atoms with E-state index < -0.39 is 17.7 Å². The fraction of sp³-hybridized carbons (Fsp3) is 0.357. The molecule has 0 fully saturated rings. The van der Waals surface area contributed by atoms with Gasteiger partial charge in [-0.3, -0.25) is 4.98 Å². The lowest BCUT2D eigenvalue weighted by Gasteiger charge is -2.29. The summed E-state index contributed by atoms with van der Waals surface area (Å²) in [5.41, 5.74) is 5.18. The van der Waals surface area contributed by atoms with Crippen LogP contribution in [0.15, 0.2) is 30.5 Å². The molecule has 7 nitrogen and oxygen atoms in total. The van der Waals surface area contributed by atoms with Crippen LogP contribution in [0.2, 0.25) is 0 Å². The van der Waals surface area contributed by atoms with Crippen LogP contribution >= 0.6 is 11.3 Å². The summed E-state index contributed by atoms with van der Waals surface area (Å²) >= 11 is 1.30. The number of carbonyl (C=O) groups is 1. The van der Waals surface area contributed by atoms with E-state index in [0.717, 1.165) is 44.5 Å². The number of nitriles is 1. The summed E-state index contributed by atoms with van der Waals surface area (Å²) in [5, 5.41) is 10.9. The second kappa shape index (κ2) is 9.16. The van der Waals surface area contributed by atoms with Gasteiger partial charge in [-0.05, 0) is 70.0 Å². The molecule has 0 amide bonds. The van der Waals surface area contributed by atoms with Crippen molar-refractivity contribution >= 4 is 38.4 Å². The molecule has 0 bridgehead atoms. The highest BCUT2D eigenvalue weighted by Gasteiger charge is 2.34. The summed E-state index contributed by atoms with van der Waals surface area (Å²) in [7, 11) is 0. The van der Waals surface area contributed by atoms with Gasteiger partial charge in [0.05, 0.1) is 34.5 Å². The average molecular weight is 502 g/mol. The number of benzene rings is 2. The molecule has 4 aromatic rings. The third kappa shape index (κ3) is 4.19. The normalized spacial score (nSPS) is 13.9. The first kappa shape index (κ1) is 24.2. The van der Waals surface area contributed by atoms with Crippen LogP contribution in [0.3, 0.4) is 0 Å². The van der Waals surface area contributed by atoms with Crippen LogP contribution in [0.4, 0.5) is 0 Å². The van der Waals surface area contributed by atoms with Crippen molar-refractivity contribution in [2.75, 3.05) is 13.2 Å². The molecule has 5 rings (SSSR count). The van der Waals surface area contributed by atoms with Crippen molar-refractivity contribution in [3.05, 3.63) is 52.2 Å². The molecule has 2 aromatic carbocycles. The molecule has 2 aromatic heterocycles. The van der Waals surface area contributed by atoms with Crippen molar-refractivity contribution in [2.45, 2.75) is 52.7 Å². The van der Waals surface area contributed by atoms with Crippen molar-refractivity contribution in [2.24, 2.45) is 0 Å². The quantitative estimate of drug-likeness (QED) is 0.307. The summed E-state index contributed by atoms with van der Waals surface area (Å²) in [6.45, 7) is 10.3. The minimum Gasteiger partial charge on any atom is -0.493 e. The van der Waals surface area contributed by atoms with Gasteiger partial charge in [0.15, 0.2) is 11.1 Å². The standard InChI is InChI=1S/C28H27N3O4S/c1-6-33-27(32)25(35-28(3,4)5)21-15(2)13-18-26(36-20(14-29)31-18)23(21)17-7-8-19-22-16(10-12-34-19)9-11-30-24(17)22/h7-9,11,13,25H,6,10,12H2,1-5H3. The lowest BCUT2D eigenvalue weighted by molar-refractivity contribution is -0.166. The Morgan fingerprint density at radius 2 is 2.11 bits per heavy atom. The summed E-state index contributed by atoms with van der Waals surface area (Å²) in [6.07, 6.45) is 1.63. The minimum atomic E-state index is -0.973. The van der Waals surface area contributed by atoms with Gasteiger partial charge in [0.2, 0.25) is 0 Å². The molecule has 0 N–H and O–H groups in total. The molecule has 1 atom stereocenters. The lowest BCUT2D eigenvalue weighted by Crippen LogP contribution is -2.29. The smallest absolute Gasteiger partial charge is 0.339 e. The first-order valence-electron chi connectivity index (χ1n) is 11.9. The van der Waals surface area contributed by atoms with E-state index in [1.165, 1.54) is 16.9 Å². The fourth-order valence-corrected chi connectivity index (χ4v) is 5.68. The van der Waals surface area contributed by atoms with E-state index in [1.54, 1.807) is 6.92 Å². The minimum absolute atomic E-state index is 0.235. The van der Waals surface area contributed by atoms with Crippen LogP contribution in [-0.4, -0.2) is 34.8 Å². The van der Waals surface area contributed by atoms with E-state index in [1.807, 2.05) is 58.2 Å². The number of esters is 1. The molecule has 184 valence electrons. The first-order valence-corrected chi connectivity index (χ1v) is 12.8. The van der Waals surface area contributed by atoms with E-state index in [-0.39, 0.29) is 6.61 Å². The van der Waals surface area contributed by atoms with Gasteiger partial charge in [0, 0.05) is 34.7 Å². The zero-order valence-electron chi connectivity index (χ0n) is 21.0. The summed E-state index contributed by atoms with van der Waals surface area (Å²) < 4.78 is 18.6. The number of rotatable bonds is 5. The number of fused-ring (bicyclic) bond motifs is 1. The van der Waals surface area contributed by atoms with Crippen LogP contribution < -0.4 is 4.74 Å². The van der Waals surface area contributed by atoms with Gasteiger partial charge in [-0.15, -0.1) is 11.3 Å². The van der Waals surface area contributed by atoms with E-state index in [4.69, 9.17) is 19.2 Å². The van der Waals surface area contributed by atoms with Gasteiger partial charge in [0.25, 0.3) is 0 Å². The first-order chi connectivity index (χ1) is 17.2. The van der Waals surface area contributed by atoms with Gasteiger partial charge in [-0.1, -0.05) is 0 Å². The fourth-order valence-electron chi connectivity index (χ4n) is 4.76. The number of nitrogens with zero attached hydrogens (tertiary/aromatic N) is 3. The summed E-state index contributed by atoms with van der Waals surface area (Å²) in [6, 6.07) is 10.0. The Labute approximate surface area is 213 Å². The van der Waals surface area contributed by atoms with Crippen LogP contribution in [-0.2, 0) is 20.7 Å². The van der Waals surface area contributed by atoms with Gasteiger partial charge in [-0.2, -0.15) is 5.26 Å². The Bertz CT molecular complexity index is 1530. The maximum atomic E-state index is 13.3. The van der Waals surface area contributed by atoms with Crippen molar-refractivity contribution in [3.8, 4) is 22.9 Å². The highest BCUT2D eigenvalue weighted by atomic mass is 32.1. The van der Waals surface area contributed by atoms with Crippen molar-refractivity contribution in [3.63, 3.8) is 0 Å². The molecular formula is C28H27N3O4S. The van der Waals surface area contributed by atoms with Crippen LogP contribution in [0.5, 0.6) is 5.75 Å². The summed E-state index contributed by atoms with van der Waals surface area (Å²) in [4.78, 5) is 22.6. The highest BCUT2D eigenvalue weighted by Crippen LogP contribution is 2.46. The molecule has 36 heavy (non-hydrogen) atoms. The van der Waals surface area contributed by atoms with Crippen molar-refractivity contribution in [1.82, 2.24) is 9.97 Å². The van der Waals surface area contributed by atoms with Crippen molar-refractivity contribution < 1.29 is 19.0 Å². The molecule has 8 heteroatoms. The molecule has 0 radical (unpaired) electrons. The maximum absolute atomic E-state index is 13.3. The third-order valence-electron chi connectivity index (χ3n) is 6.10. The Kier molecular flexibility index (Phi) is 6.15. The van der Waals surface area contributed by atoms with Gasteiger partial charge in [-0.25, -0.2) is 9.78 Å². The largest absolute Gasteiger partial charge is 0.493 e. The number of aryl methyl sites for hydroxylation is 1. The van der Waals surface area contributed by atoms with Crippen LogP contribution in [0.1, 0.15) is 55.5 Å². The topological polar surface area (TPSA) is 94.3 Å². The van der Waals surface area contributed by atoms with Crippen LogP contribution in [0, 0.1) is 18.3 Å². The van der Waals surface area contributed by atoms with Crippen LogP contribution in [0.25, 0.3) is 32.2 Å². The predicted octanol–water partition coefficient (Wildman–Crippen LogP) is 6.05. The number of hydrogen-bond donors (Lipinski definition) is 0. The van der Waals surface area contributed by atoms with E-state index in [2.05, 4.69) is 11.1 Å². The molecule has 0 aliphatic carbocycles. The summed E-state index contributed by atoms with van der Waals surface area (Å²) in [5.74, 6) is 0.337. The molecule has 1 unspecified atom stereocenters. The number of thiazole rings is 1. The monoisotopic (exact) mass is 501 g/mol. The van der Waals surface area contributed by atoms with E-state index in [9.17, 15) is 10.1 Å². The molecule has 3 heterocycles. The number of carbonyl (C=O) groups excluding carboxylic acids is 1. The Morgan fingerprint density at radius 3 is 2.83 bits per heavy atom. The highest BCUT2D eigenvalue weighted by molar-refractivity contribution is 7.19. The lowest BCUT2D eigenvalue weighted by atomic mass is 9.89. The molecule has 0 spiro atoms. The van der Waals surface area contributed by atoms with Crippen molar-refractivity contribution in [1.29, 1.82) is 5.26 Å². The second-order valence-corrected chi connectivity index (χ2v) is 10.7. The Hall–Kier alpha value is -3.54. The molecule has 0 saturated carbocycles. The van der Waals surface area contributed by atoms with E-state index in [0.29, 0.717) is 22.7 Å². The number of aromatic nitrogens is 2.